The van der Waals surface area contributed by atoms with Crippen molar-refractivity contribution in [1.29, 1.82) is 0 Å². The van der Waals surface area contributed by atoms with E-state index in [0.29, 0.717) is 0 Å². The Kier molecular flexibility index (Phi) is 5.00. The fraction of sp³-hybridized carbons (Fsp3) is 0.909. The van der Waals surface area contributed by atoms with E-state index in [9.17, 15) is 45.1 Å². The molecule has 0 spiro atoms. The van der Waals surface area contributed by atoms with E-state index < -0.39 is 24.0 Å². The first-order valence-electron chi connectivity index (χ1n) is 6.32. The maximum absolute atomic E-state index is 13.3. The molecule has 0 N–H and O–H groups in total. The molecule has 22 heavy (non-hydrogen) atoms. The van der Waals surface area contributed by atoms with Crippen molar-refractivity contribution in [1.82, 2.24) is 0 Å². The number of hydrogen-bond acceptors (Lipinski definition) is 2. The molecule has 0 amide bonds. The Morgan fingerprint density at radius 3 is 1.41 bits per heavy atom. The molecule has 2 bridgehead atoms. The molecule has 11 heteroatoms. The van der Waals surface area contributed by atoms with Crippen LogP contribution in [0.25, 0.3) is 0 Å². The summed E-state index contributed by atoms with van der Waals surface area (Å²) in [5, 5.41) is 9.27. The number of rotatable bonds is 2. The van der Waals surface area contributed by atoms with Gasteiger partial charge in [0, 0.05) is 19.3 Å². The number of fused-ring (bicyclic) bond motifs is 3. The third-order valence-electron chi connectivity index (χ3n) is 3.82. The third kappa shape index (κ3) is 3.61. The van der Waals surface area contributed by atoms with Gasteiger partial charge in [0.05, 0.1) is 0 Å². The second-order valence-electron chi connectivity index (χ2n) is 5.37. The fourth-order valence-corrected chi connectivity index (χ4v) is 2.32. The lowest BCUT2D eigenvalue weighted by Crippen LogP contribution is -2.60. The molecule has 3 fully saturated rings. The number of quaternary nitrogens is 1. The van der Waals surface area contributed by atoms with Crippen molar-refractivity contribution in [2.24, 2.45) is 5.92 Å². The molecule has 3 rings (SSSR count). The van der Waals surface area contributed by atoms with Crippen molar-refractivity contribution in [2.45, 2.75) is 37.3 Å². The van der Waals surface area contributed by atoms with E-state index in [0.717, 1.165) is 44.8 Å². The van der Waals surface area contributed by atoms with Crippen LogP contribution in [0.4, 0.5) is 35.2 Å². The Morgan fingerprint density at radius 2 is 1.27 bits per heavy atom. The second kappa shape index (κ2) is 5.82. The van der Waals surface area contributed by atoms with E-state index >= 15 is 0 Å². The zero-order valence-electron chi connectivity index (χ0n) is 11.1. The van der Waals surface area contributed by atoms with Crippen LogP contribution in [0.5, 0.6) is 0 Å². The van der Waals surface area contributed by atoms with Gasteiger partial charge in [-0.2, -0.15) is 30.7 Å². The van der Waals surface area contributed by atoms with Crippen LogP contribution in [0.3, 0.4) is 0 Å². The summed E-state index contributed by atoms with van der Waals surface area (Å²) in [4.78, 5) is 9.27. The molecule has 0 aromatic carbocycles. The molecule has 0 radical (unpaired) electrons. The number of carboxylic acid groups (broad SMARTS) is 1. The lowest BCUT2D eigenvalue weighted by atomic mass is 9.88. The summed E-state index contributed by atoms with van der Waals surface area (Å²) >= 11 is 0. The summed E-state index contributed by atoms with van der Waals surface area (Å²) in [7, 11) is 0. The maximum Gasteiger partial charge on any atom is 0.460 e. The predicted octanol–water partition coefficient (Wildman–Crippen LogP) is 2.07. The number of carbonyl (C=O) groups excluding carboxylic acids is 1. The van der Waals surface area contributed by atoms with Crippen LogP contribution in [0.1, 0.15) is 19.3 Å². The number of alkyl halides is 7. The van der Waals surface area contributed by atoms with Crippen molar-refractivity contribution >= 4 is 5.97 Å². The van der Waals surface area contributed by atoms with Crippen molar-refractivity contribution in [3.05, 3.63) is 0 Å². The smallest absolute Gasteiger partial charge is 0.460 e. The van der Waals surface area contributed by atoms with Crippen molar-refractivity contribution in [2.75, 3.05) is 19.6 Å². The van der Waals surface area contributed by atoms with Gasteiger partial charge in [0.1, 0.15) is 25.6 Å². The molecule has 0 aliphatic carbocycles. The predicted molar refractivity (Wildman–Crippen MR) is 54.3 cm³/mol. The molecule has 0 unspecified atom stereocenters. The molecule has 3 aliphatic heterocycles. The van der Waals surface area contributed by atoms with Crippen LogP contribution in [-0.4, -0.2) is 48.3 Å². The standard InChI is InChI=1S/C7H13FN.C4HF7O2/c8-9-4-1-7(2-5-9)3-6-9;5-2(6,1(12)13)3(7,8)4(9,10)11/h7H,1-6H2;(H,12,13)/q+1;/p-1. The average molecular weight is 343 g/mol. The first-order chi connectivity index (χ1) is 9.73. The minimum absolute atomic E-state index is 0.115. The van der Waals surface area contributed by atoms with E-state index in [1.165, 1.54) is 0 Å². The molecule has 0 atom stereocenters. The Balaban J connectivity index is 0.000000231. The van der Waals surface area contributed by atoms with Gasteiger partial charge < -0.3 is 9.90 Å². The van der Waals surface area contributed by atoms with Gasteiger partial charge in [0.25, 0.3) is 0 Å². The van der Waals surface area contributed by atoms with Gasteiger partial charge in [0.15, 0.2) is 0 Å². The van der Waals surface area contributed by atoms with Crippen LogP contribution in [0.15, 0.2) is 0 Å². The van der Waals surface area contributed by atoms with Gasteiger partial charge in [-0.25, -0.2) is 0 Å². The number of hydrogen-bond donors (Lipinski definition) is 0. The van der Waals surface area contributed by atoms with Crippen molar-refractivity contribution < 1.29 is 49.8 Å². The van der Waals surface area contributed by atoms with Crippen molar-refractivity contribution in [3.63, 3.8) is 0 Å². The molecule has 130 valence electrons. The quantitative estimate of drug-likeness (QED) is 0.569. The summed E-state index contributed by atoms with van der Waals surface area (Å²) in [6.45, 7) is 2.39. The molecule has 3 aliphatic rings. The molecule has 0 aromatic rings. The van der Waals surface area contributed by atoms with Crippen molar-refractivity contribution in [3.8, 4) is 0 Å². The number of carboxylic acids is 1. The first-order valence-corrected chi connectivity index (χ1v) is 6.32. The Morgan fingerprint density at radius 1 is 0.909 bits per heavy atom. The summed E-state index contributed by atoms with van der Waals surface area (Å²) in [6, 6.07) is 0. The molecule has 3 heterocycles. The number of aliphatic carboxylic acids is 1. The highest BCUT2D eigenvalue weighted by atomic mass is 19.4. The Bertz CT molecular complexity index is 401. The number of nitrogens with zero attached hydrogens (tertiary/aromatic N) is 1. The normalized spacial score (nSPS) is 28.8. The zero-order chi connectivity index (χ0) is 17.4. The van der Waals surface area contributed by atoms with E-state index in [1.807, 2.05) is 0 Å². The molecule has 3 nitrogen and oxygen atoms in total. The van der Waals surface area contributed by atoms with Crippen LogP contribution >= 0.6 is 0 Å². The molecule has 3 saturated heterocycles. The molecular formula is C11H13F8NO2. The lowest BCUT2D eigenvalue weighted by Gasteiger charge is -2.39. The number of carbonyl (C=O) groups is 1. The van der Waals surface area contributed by atoms with Gasteiger partial charge in [0.2, 0.25) is 0 Å². The summed E-state index contributed by atoms with van der Waals surface area (Å²) in [6.07, 6.45) is -3.24. The highest BCUT2D eigenvalue weighted by molar-refractivity contribution is 5.74. The van der Waals surface area contributed by atoms with Gasteiger partial charge >= 0.3 is 18.0 Å². The topological polar surface area (TPSA) is 40.1 Å². The van der Waals surface area contributed by atoms with E-state index in [-0.39, 0.29) is 4.71 Å². The summed E-state index contributed by atoms with van der Waals surface area (Å²) in [5.41, 5.74) is 0. The lowest BCUT2D eigenvalue weighted by molar-refractivity contribution is -1.07. The Hall–Kier alpha value is -1.13. The SMILES string of the molecule is F[N+]12CCC(CC1)CC2.O=C([O-])C(F)(F)C(F)(F)C(F)(F)F. The zero-order valence-corrected chi connectivity index (χ0v) is 11.1. The van der Waals surface area contributed by atoms with Gasteiger partial charge in [-0.15, -0.1) is 4.71 Å². The monoisotopic (exact) mass is 343 g/mol. The van der Waals surface area contributed by atoms with Gasteiger partial charge in [-0.1, -0.05) is 0 Å². The molecule has 0 saturated carbocycles. The van der Waals surface area contributed by atoms with Crippen LogP contribution in [0, 0.1) is 5.92 Å². The van der Waals surface area contributed by atoms with E-state index in [1.54, 1.807) is 0 Å². The number of piperidine rings is 3. The fourth-order valence-electron chi connectivity index (χ4n) is 2.32. The summed E-state index contributed by atoms with van der Waals surface area (Å²) < 4.78 is 93.4. The van der Waals surface area contributed by atoms with E-state index in [2.05, 4.69) is 0 Å². The Labute approximate surface area is 120 Å². The van der Waals surface area contributed by atoms with E-state index in [4.69, 9.17) is 0 Å². The molecular weight excluding hydrogens is 330 g/mol. The number of halogens is 8. The molecule has 0 aromatic heterocycles. The minimum Gasteiger partial charge on any atom is -0.544 e. The third-order valence-corrected chi connectivity index (χ3v) is 3.82. The van der Waals surface area contributed by atoms with Gasteiger partial charge in [-0.3, -0.25) is 0 Å². The average Bonchev–Trinajstić information content (AvgIpc) is 2.38. The van der Waals surface area contributed by atoms with Crippen LogP contribution in [0.2, 0.25) is 0 Å². The first kappa shape index (κ1) is 18.9. The maximum atomic E-state index is 13.3. The largest absolute Gasteiger partial charge is 0.544 e. The highest BCUT2D eigenvalue weighted by Crippen LogP contribution is 2.46. The van der Waals surface area contributed by atoms with Gasteiger partial charge in [-0.05, 0) is 10.4 Å². The second-order valence-corrected chi connectivity index (χ2v) is 5.37. The van der Waals surface area contributed by atoms with Crippen LogP contribution in [-0.2, 0) is 4.79 Å². The summed E-state index contributed by atoms with van der Waals surface area (Å²) in [5.74, 6) is -15.8. The van der Waals surface area contributed by atoms with Crippen LogP contribution < -0.4 is 5.11 Å². The minimum atomic E-state index is -6.64. The highest BCUT2D eigenvalue weighted by Gasteiger charge is 2.73.